The number of hydrogen-bond donors (Lipinski definition) is 1. The van der Waals surface area contributed by atoms with Crippen LogP contribution in [0, 0.1) is 13.8 Å². The second kappa shape index (κ2) is 3.76. The minimum Gasteiger partial charge on any atom is -0.325 e. The highest BCUT2D eigenvalue weighted by Crippen LogP contribution is 2.31. The first-order valence-corrected chi connectivity index (χ1v) is 5.99. The molecule has 2 heterocycles. The Morgan fingerprint density at radius 3 is 2.64 bits per heavy atom. The van der Waals surface area contributed by atoms with Crippen LogP contribution in [0.25, 0.3) is 9.88 Å². The summed E-state index contributed by atoms with van der Waals surface area (Å²) in [6.07, 6.45) is 0. The van der Waals surface area contributed by atoms with Crippen LogP contribution in [0.2, 0.25) is 0 Å². The Morgan fingerprint density at radius 1 is 1.36 bits per heavy atom. The van der Waals surface area contributed by atoms with Crippen molar-refractivity contribution < 1.29 is 0 Å². The third-order valence-electron chi connectivity index (χ3n) is 1.86. The number of nitrogens with two attached hydrogens (primary N) is 1. The fraction of sp³-hybridized carbons (Fsp3) is 0.333. The summed E-state index contributed by atoms with van der Waals surface area (Å²) < 4.78 is 0. The van der Waals surface area contributed by atoms with Crippen LogP contribution in [0.1, 0.15) is 16.4 Å². The van der Waals surface area contributed by atoms with Crippen LogP contribution in [0.15, 0.2) is 5.38 Å². The van der Waals surface area contributed by atoms with E-state index in [4.69, 9.17) is 5.73 Å². The standard InChI is InChI=1S/C9H11N3S2/c1-5-8(14-6(2)11-5)9-12-7(3-10)4-13-9/h4H,3,10H2,1-2H3. The summed E-state index contributed by atoms with van der Waals surface area (Å²) in [6, 6.07) is 0. The fourth-order valence-electron chi connectivity index (χ4n) is 1.23. The summed E-state index contributed by atoms with van der Waals surface area (Å²) in [7, 11) is 0. The van der Waals surface area contributed by atoms with Gasteiger partial charge in [-0.3, -0.25) is 0 Å². The van der Waals surface area contributed by atoms with Crippen LogP contribution in [0.5, 0.6) is 0 Å². The van der Waals surface area contributed by atoms with Crippen molar-refractivity contribution in [1.82, 2.24) is 9.97 Å². The molecule has 0 bridgehead atoms. The number of aryl methyl sites for hydroxylation is 2. The molecule has 3 nitrogen and oxygen atoms in total. The van der Waals surface area contributed by atoms with Gasteiger partial charge in [-0.15, -0.1) is 22.7 Å². The second-order valence-electron chi connectivity index (χ2n) is 3.00. The van der Waals surface area contributed by atoms with Gasteiger partial charge in [0.1, 0.15) is 5.01 Å². The average molecular weight is 225 g/mol. The molecule has 0 amide bonds. The van der Waals surface area contributed by atoms with E-state index in [-0.39, 0.29) is 0 Å². The maximum absolute atomic E-state index is 5.52. The lowest BCUT2D eigenvalue weighted by Gasteiger charge is -1.90. The van der Waals surface area contributed by atoms with Crippen molar-refractivity contribution in [2.75, 3.05) is 0 Å². The predicted octanol–water partition coefficient (Wildman–Crippen LogP) is 2.34. The van der Waals surface area contributed by atoms with E-state index >= 15 is 0 Å². The molecule has 0 aliphatic carbocycles. The van der Waals surface area contributed by atoms with Crippen molar-refractivity contribution in [2.45, 2.75) is 20.4 Å². The van der Waals surface area contributed by atoms with E-state index < -0.39 is 0 Å². The molecule has 0 aliphatic heterocycles. The molecule has 2 aromatic rings. The SMILES string of the molecule is Cc1nc(C)c(-c2nc(CN)cs2)s1. The van der Waals surface area contributed by atoms with Gasteiger partial charge in [0.25, 0.3) is 0 Å². The first-order valence-electron chi connectivity index (χ1n) is 4.29. The molecular formula is C9H11N3S2. The van der Waals surface area contributed by atoms with Crippen molar-refractivity contribution in [3.05, 3.63) is 21.8 Å². The van der Waals surface area contributed by atoms with Crippen molar-refractivity contribution >= 4 is 22.7 Å². The molecule has 0 saturated heterocycles. The van der Waals surface area contributed by atoms with Gasteiger partial charge in [-0.25, -0.2) is 9.97 Å². The Labute approximate surface area is 90.6 Å². The van der Waals surface area contributed by atoms with Crippen molar-refractivity contribution in [2.24, 2.45) is 5.73 Å². The quantitative estimate of drug-likeness (QED) is 0.853. The number of nitrogens with zero attached hydrogens (tertiary/aromatic N) is 2. The van der Waals surface area contributed by atoms with Crippen LogP contribution in [0.3, 0.4) is 0 Å². The Hall–Kier alpha value is -0.780. The first kappa shape index (κ1) is 9.76. The van der Waals surface area contributed by atoms with Gasteiger partial charge in [-0.2, -0.15) is 0 Å². The van der Waals surface area contributed by atoms with Gasteiger partial charge in [0.2, 0.25) is 0 Å². The van der Waals surface area contributed by atoms with Crippen LogP contribution in [0.4, 0.5) is 0 Å². The van der Waals surface area contributed by atoms with Gasteiger partial charge in [0, 0.05) is 11.9 Å². The molecule has 0 atom stereocenters. The summed E-state index contributed by atoms with van der Waals surface area (Å²) in [5.74, 6) is 0. The fourth-order valence-corrected chi connectivity index (χ4v) is 3.13. The third-order valence-corrected chi connectivity index (χ3v) is 3.98. The zero-order valence-corrected chi connectivity index (χ0v) is 9.71. The summed E-state index contributed by atoms with van der Waals surface area (Å²) in [6.45, 7) is 4.54. The lowest BCUT2D eigenvalue weighted by atomic mass is 10.4. The van der Waals surface area contributed by atoms with E-state index in [0.29, 0.717) is 6.54 Å². The molecular weight excluding hydrogens is 214 g/mol. The molecule has 2 rings (SSSR count). The van der Waals surface area contributed by atoms with Crippen molar-refractivity contribution in [1.29, 1.82) is 0 Å². The van der Waals surface area contributed by atoms with E-state index in [0.717, 1.165) is 21.4 Å². The van der Waals surface area contributed by atoms with E-state index in [1.165, 1.54) is 4.88 Å². The number of thiazole rings is 2. The molecule has 14 heavy (non-hydrogen) atoms. The first-order chi connectivity index (χ1) is 6.70. The Balaban J connectivity index is 2.43. The van der Waals surface area contributed by atoms with Gasteiger partial charge in [-0.05, 0) is 13.8 Å². The smallest absolute Gasteiger partial charge is 0.135 e. The molecule has 2 aromatic heterocycles. The molecule has 74 valence electrons. The minimum absolute atomic E-state index is 0.507. The van der Waals surface area contributed by atoms with E-state index in [1.807, 2.05) is 19.2 Å². The molecule has 2 N–H and O–H groups in total. The van der Waals surface area contributed by atoms with E-state index in [9.17, 15) is 0 Å². The normalized spacial score (nSPS) is 10.8. The Kier molecular flexibility index (Phi) is 2.62. The number of rotatable bonds is 2. The Morgan fingerprint density at radius 2 is 2.14 bits per heavy atom. The number of aromatic nitrogens is 2. The lowest BCUT2D eigenvalue weighted by Crippen LogP contribution is -1.95. The van der Waals surface area contributed by atoms with Gasteiger partial charge >= 0.3 is 0 Å². The van der Waals surface area contributed by atoms with Gasteiger partial charge in [0.05, 0.1) is 21.3 Å². The monoisotopic (exact) mass is 225 g/mol. The Bertz CT molecular complexity index is 445. The van der Waals surface area contributed by atoms with Crippen LogP contribution in [-0.4, -0.2) is 9.97 Å². The summed E-state index contributed by atoms with van der Waals surface area (Å²) in [5.41, 5.74) is 7.53. The molecule has 0 fully saturated rings. The summed E-state index contributed by atoms with van der Waals surface area (Å²) in [4.78, 5) is 9.99. The minimum atomic E-state index is 0.507. The molecule has 0 unspecified atom stereocenters. The highest BCUT2D eigenvalue weighted by molar-refractivity contribution is 7.21. The van der Waals surface area contributed by atoms with Gasteiger partial charge in [0.15, 0.2) is 0 Å². The van der Waals surface area contributed by atoms with E-state index in [2.05, 4.69) is 9.97 Å². The summed E-state index contributed by atoms with van der Waals surface area (Å²) in [5, 5.41) is 4.12. The highest BCUT2D eigenvalue weighted by Gasteiger charge is 2.10. The van der Waals surface area contributed by atoms with Crippen LogP contribution in [-0.2, 0) is 6.54 Å². The number of hydrogen-bond acceptors (Lipinski definition) is 5. The predicted molar refractivity (Wildman–Crippen MR) is 60.6 cm³/mol. The topological polar surface area (TPSA) is 51.8 Å². The van der Waals surface area contributed by atoms with Gasteiger partial charge in [-0.1, -0.05) is 0 Å². The lowest BCUT2D eigenvalue weighted by molar-refractivity contribution is 1.01. The maximum Gasteiger partial charge on any atom is 0.135 e. The maximum atomic E-state index is 5.52. The van der Waals surface area contributed by atoms with Crippen molar-refractivity contribution in [3.63, 3.8) is 0 Å². The zero-order chi connectivity index (χ0) is 10.1. The van der Waals surface area contributed by atoms with E-state index in [1.54, 1.807) is 22.7 Å². The highest BCUT2D eigenvalue weighted by atomic mass is 32.1. The van der Waals surface area contributed by atoms with Crippen LogP contribution >= 0.6 is 22.7 Å². The second-order valence-corrected chi connectivity index (χ2v) is 5.06. The average Bonchev–Trinajstić information content (AvgIpc) is 2.71. The molecule has 0 aliphatic rings. The largest absolute Gasteiger partial charge is 0.325 e. The zero-order valence-electron chi connectivity index (χ0n) is 8.07. The molecule has 0 spiro atoms. The molecule has 0 radical (unpaired) electrons. The third kappa shape index (κ3) is 1.70. The summed E-state index contributed by atoms with van der Waals surface area (Å²) >= 11 is 3.32. The van der Waals surface area contributed by atoms with Crippen LogP contribution < -0.4 is 5.73 Å². The molecule has 0 aromatic carbocycles. The molecule has 5 heteroatoms. The molecule has 0 saturated carbocycles. The van der Waals surface area contributed by atoms with Gasteiger partial charge < -0.3 is 5.73 Å². The van der Waals surface area contributed by atoms with Crippen molar-refractivity contribution in [3.8, 4) is 9.88 Å².